The molecule has 1 aromatic rings. The largest absolute Gasteiger partial charge is 0.393 e. The predicted octanol–water partition coefficient (Wildman–Crippen LogP) is 4.31. The molecule has 1 aromatic carbocycles. The van der Waals surface area contributed by atoms with Gasteiger partial charge >= 0.3 is 0 Å². The number of halogens is 1. The maximum absolute atomic E-state index is 8.86. The Morgan fingerprint density at radius 2 is 1.73 bits per heavy atom. The molecule has 0 aliphatic rings. The molecule has 1 atom stereocenters. The lowest BCUT2D eigenvalue weighted by molar-refractivity contribution is 0.159. The number of hydrogen-bond donors (Lipinski definition) is 1. The van der Waals surface area contributed by atoms with Crippen molar-refractivity contribution in [1.29, 1.82) is 0 Å². The maximum atomic E-state index is 8.86. The summed E-state index contributed by atoms with van der Waals surface area (Å²) >= 11 is 3.35. The first kappa shape index (κ1) is 14.7. The normalized spacial score (nSPS) is 11.5. The van der Waals surface area contributed by atoms with E-state index in [2.05, 4.69) is 41.9 Å². The molecule has 0 spiro atoms. The summed E-state index contributed by atoms with van der Waals surface area (Å²) in [5.41, 5.74) is 1.30. The number of hydrogen-bond acceptors (Lipinski definition) is 1. The standard InChI is InChI=1S/C7H7Br.C6H14O/c1-6-2-4-7(8)5-3-6;1-3-5-6(7)4-2/h2-5H,1H3;6-7H,3-5H2,1-2H3. The molecule has 0 saturated carbocycles. The molecule has 86 valence electrons. The zero-order chi connectivity index (χ0) is 11.7. The van der Waals surface area contributed by atoms with Gasteiger partial charge in [0.15, 0.2) is 0 Å². The molecule has 0 amide bonds. The lowest BCUT2D eigenvalue weighted by atomic mass is 10.2. The molecule has 0 bridgehead atoms. The molecule has 1 nitrogen and oxygen atoms in total. The summed E-state index contributed by atoms with van der Waals surface area (Å²) in [5, 5.41) is 8.86. The predicted molar refractivity (Wildman–Crippen MR) is 70.1 cm³/mol. The van der Waals surface area contributed by atoms with Crippen LogP contribution in [0.5, 0.6) is 0 Å². The van der Waals surface area contributed by atoms with Crippen molar-refractivity contribution in [3.8, 4) is 0 Å². The molecule has 15 heavy (non-hydrogen) atoms. The minimum Gasteiger partial charge on any atom is -0.393 e. The smallest absolute Gasteiger partial charge is 0.0537 e. The van der Waals surface area contributed by atoms with E-state index in [1.807, 2.05) is 19.1 Å². The second kappa shape index (κ2) is 8.93. The summed E-state index contributed by atoms with van der Waals surface area (Å²) in [6.45, 7) is 6.16. The van der Waals surface area contributed by atoms with Gasteiger partial charge in [0.05, 0.1) is 6.10 Å². The van der Waals surface area contributed by atoms with Crippen molar-refractivity contribution in [2.75, 3.05) is 0 Å². The van der Waals surface area contributed by atoms with E-state index >= 15 is 0 Å². The molecule has 0 aromatic heterocycles. The van der Waals surface area contributed by atoms with Crippen LogP contribution in [-0.2, 0) is 0 Å². The third-order valence-corrected chi connectivity index (χ3v) is 2.63. The molecular weight excluding hydrogens is 252 g/mol. The molecule has 0 aliphatic heterocycles. The molecule has 0 fully saturated rings. The summed E-state index contributed by atoms with van der Waals surface area (Å²) in [4.78, 5) is 0. The van der Waals surface area contributed by atoms with Crippen molar-refractivity contribution in [3.63, 3.8) is 0 Å². The fourth-order valence-electron chi connectivity index (χ4n) is 1.07. The molecule has 2 heteroatoms. The molecular formula is C13H21BrO. The Bertz CT molecular complexity index is 222. The van der Waals surface area contributed by atoms with E-state index in [0.29, 0.717) is 0 Å². The topological polar surface area (TPSA) is 20.2 Å². The van der Waals surface area contributed by atoms with E-state index in [9.17, 15) is 0 Å². The molecule has 0 aliphatic carbocycles. The van der Waals surface area contributed by atoms with Gasteiger partial charge in [-0.3, -0.25) is 0 Å². The maximum Gasteiger partial charge on any atom is 0.0537 e. The van der Waals surface area contributed by atoms with Gasteiger partial charge in [0.25, 0.3) is 0 Å². The van der Waals surface area contributed by atoms with Crippen LogP contribution in [0.15, 0.2) is 28.7 Å². The van der Waals surface area contributed by atoms with Crippen LogP contribution in [-0.4, -0.2) is 11.2 Å². The Labute approximate surface area is 102 Å². The van der Waals surface area contributed by atoms with Crippen LogP contribution in [0.1, 0.15) is 38.7 Å². The minimum absolute atomic E-state index is 0.0509. The van der Waals surface area contributed by atoms with Gasteiger partial charge in [-0.1, -0.05) is 53.9 Å². The fraction of sp³-hybridized carbons (Fsp3) is 0.538. The van der Waals surface area contributed by atoms with Gasteiger partial charge < -0.3 is 5.11 Å². The van der Waals surface area contributed by atoms with Crippen LogP contribution in [0, 0.1) is 6.92 Å². The Hall–Kier alpha value is -0.340. The van der Waals surface area contributed by atoms with Crippen molar-refractivity contribution < 1.29 is 5.11 Å². The van der Waals surface area contributed by atoms with E-state index in [4.69, 9.17) is 5.11 Å². The van der Waals surface area contributed by atoms with E-state index in [-0.39, 0.29) is 6.10 Å². The van der Waals surface area contributed by atoms with E-state index < -0.39 is 0 Å². The molecule has 1 N–H and O–H groups in total. The minimum atomic E-state index is -0.0509. The zero-order valence-electron chi connectivity index (χ0n) is 9.83. The summed E-state index contributed by atoms with van der Waals surface area (Å²) < 4.78 is 1.14. The molecule has 0 heterocycles. The van der Waals surface area contributed by atoms with E-state index in [1.54, 1.807) is 0 Å². The average Bonchev–Trinajstić information content (AvgIpc) is 2.24. The lowest BCUT2D eigenvalue weighted by Gasteiger charge is -2.01. The van der Waals surface area contributed by atoms with Crippen LogP contribution in [0.4, 0.5) is 0 Å². The van der Waals surface area contributed by atoms with E-state index in [1.165, 1.54) is 5.56 Å². The highest BCUT2D eigenvalue weighted by molar-refractivity contribution is 9.10. The zero-order valence-corrected chi connectivity index (χ0v) is 11.4. The van der Waals surface area contributed by atoms with Gasteiger partial charge in [0.1, 0.15) is 0 Å². The third kappa shape index (κ3) is 8.64. The highest BCUT2D eigenvalue weighted by atomic mass is 79.9. The van der Waals surface area contributed by atoms with Crippen molar-refractivity contribution in [2.24, 2.45) is 0 Å². The first-order valence-corrected chi connectivity index (χ1v) is 6.29. The number of rotatable bonds is 3. The summed E-state index contributed by atoms with van der Waals surface area (Å²) in [5.74, 6) is 0. The second-order valence-corrected chi connectivity index (χ2v) is 4.56. The Balaban J connectivity index is 0.000000265. The molecule has 1 rings (SSSR count). The first-order valence-electron chi connectivity index (χ1n) is 5.50. The number of benzene rings is 1. The first-order chi connectivity index (χ1) is 7.10. The number of aliphatic hydroxyl groups is 1. The quantitative estimate of drug-likeness (QED) is 0.869. The summed E-state index contributed by atoms with van der Waals surface area (Å²) in [6.07, 6.45) is 2.89. The third-order valence-electron chi connectivity index (χ3n) is 2.10. The fourth-order valence-corrected chi connectivity index (χ4v) is 1.33. The van der Waals surface area contributed by atoms with Gasteiger partial charge in [-0.2, -0.15) is 0 Å². The number of aliphatic hydroxyl groups excluding tert-OH is 1. The molecule has 1 unspecified atom stereocenters. The summed E-state index contributed by atoms with van der Waals surface area (Å²) in [7, 11) is 0. The van der Waals surface area contributed by atoms with Crippen molar-refractivity contribution in [3.05, 3.63) is 34.3 Å². The number of aryl methyl sites for hydroxylation is 1. The SMILES string of the molecule is CCCC(O)CC.Cc1ccc(Br)cc1. The van der Waals surface area contributed by atoms with Crippen LogP contribution in [0.2, 0.25) is 0 Å². The Kier molecular flexibility index (Phi) is 8.73. The monoisotopic (exact) mass is 272 g/mol. The van der Waals surface area contributed by atoms with Gasteiger partial charge in [-0.05, 0) is 31.9 Å². The molecule has 0 radical (unpaired) electrons. The van der Waals surface area contributed by atoms with Crippen molar-refractivity contribution in [2.45, 2.75) is 46.1 Å². The highest BCUT2D eigenvalue weighted by Gasteiger charge is 1.94. The van der Waals surface area contributed by atoms with Crippen LogP contribution in [0.25, 0.3) is 0 Å². The summed E-state index contributed by atoms with van der Waals surface area (Å²) in [6, 6.07) is 8.22. The lowest BCUT2D eigenvalue weighted by Crippen LogP contribution is -2.01. The van der Waals surface area contributed by atoms with Gasteiger partial charge in [0, 0.05) is 4.47 Å². The molecule has 0 saturated heterocycles. The average molecular weight is 273 g/mol. The van der Waals surface area contributed by atoms with Crippen LogP contribution >= 0.6 is 15.9 Å². The van der Waals surface area contributed by atoms with Crippen molar-refractivity contribution in [1.82, 2.24) is 0 Å². The highest BCUT2D eigenvalue weighted by Crippen LogP contribution is 2.08. The van der Waals surface area contributed by atoms with Crippen molar-refractivity contribution >= 4 is 15.9 Å². The Morgan fingerprint density at radius 1 is 1.20 bits per heavy atom. The van der Waals surface area contributed by atoms with Gasteiger partial charge in [0.2, 0.25) is 0 Å². The van der Waals surface area contributed by atoms with Gasteiger partial charge in [-0.15, -0.1) is 0 Å². The van der Waals surface area contributed by atoms with Crippen LogP contribution in [0.3, 0.4) is 0 Å². The second-order valence-electron chi connectivity index (χ2n) is 3.65. The van der Waals surface area contributed by atoms with E-state index in [0.717, 1.165) is 23.7 Å². The van der Waals surface area contributed by atoms with Gasteiger partial charge in [-0.25, -0.2) is 0 Å². The van der Waals surface area contributed by atoms with Crippen LogP contribution < -0.4 is 0 Å². The Morgan fingerprint density at radius 3 is 2.00 bits per heavy atom.